The number of urea groups is 1. The number of imide groups is 1. The first-order chi connectivity index (χ1) is 12.3. The quantitative estimate of drug-likeness (QED) is 0.799. The number of fused-ring (bicyclic) bond motifs is 5. The van der Waals surface area contributed by atoms with Gasteiger partial charge < -0.3 is 24.5 Å². The highest BCUT2D eigenvalue weighted by Crippen LogP contribution is 2.44. The van der Waals surface area contributed by atoms with E-state index in [-0.39, 0.29) is 0 Å². The molecule has 1 aromatic carbocycles. The van der Waals surface area contributed by atoms with Gasteiger partial charge >= 0.3 is 6.03 Å². The zero-order valence-corrected chi connectivity index (χ0v) is 14.7. The van der Waals surface area contributed by atoms with Crippen molar-refractivity contribution in [3.63, 3.8) is 0 Å². The van der Waals surface area contributed by atoms with Gasteiger partial charge in [0.2, 0.25) is 0 Å². The molecule has 2 aromatic rings. The number of aliphatic carboxylic acids is 1. The molecule has 2 atom stereocenters. The van der Waals surface area contributed by atoms with Gasteiger partial charge in [-0.2, -0.15) is 0 Å². The highest BCUT2D eigenvalue weighted by molar-refractivity contribution is 6.10. The minimum absolute atomic E-state index is 0.328. The number of carbonyl (C=O) groups is 3. The van der Waals surface area contributed by atoms with E-state index in [9.17, 15) is 19.5 Å². The first-order valence-corrected chi connectivity index (χ1v) is 8.36. The molecule has 1 aromatic heterocycles. The predicted molar refractivity (Wildman–Crippen MR) is 89.3 cm³/mol. The standard InChI is InChI=1S/C18H19N3O5/c1-9(15(22)23)21-16(24)18(2)14-11(6-7-20(18)17(21)25)12-8-10(26-3)4-5-13(12)19-14/h4-5,8-9,19H,6-7H2,1-3H3,(H,22,23)/p-1/t9-,18+/m0/s1. The number of hydrogen-bond acceptors (Lipinski definition) is 5. The van der Waals surface area contributed by atoms with Gasteiger partial charge in [0.1, 0.15) is 5.75 Å². The van der Waals surface area contributed by atoms with E-state index in [4.69, 9.17) is 4.74 Å². The van der Waals surface area contributed by atoms with Crippen LogP contribution in [0.25, 0.3) is 10.9 Å². The average Bonchev–Trinajstić information content (AvgIpc) is 3.08. The monoisotopic (exact) mass is 356 g/mol. The number of carbonyl (C=O) groups excluding carboxylic acids is 3. The summed E-state index contributed by atoms with van der Waals surface area (Å²) in [6.07, 6.45) is 0.560. The van der Waals surface area contributed by atoms with Gasteiger partial charge in [-0.05, 0) is 44.0 Å². The second-order valence-corrected chi connectivity index (χ2v) is 6.82. The minimum Gasteiger partial charge on any atom is -0.548 e. The lowest BCUT2D eigenvalue weighted by atomic mass is 9.87. The largest absolute Gasteiger partial charge is 0.548 e. The number of nitrogens with zero attached hydrogens (tertiary/aromatic N) is 2. The van der Waals surface area contributed by atoms with Crippen molar-refractivity contribution in [1.82, 2.24) is 14.8 Å². The van der Waals surface area contributed by atoms with Gasteiger partial charge in [0, 0.05) is 17.4 Å². The minimum atomic E-state index is -1.46. The van der Waals surface area contributed by atoms with Gasteiger partial charge in [0.25, 0.3) is 5.91 Å². The number of carboxylic acid groups (broad SMARTS) is 1. The highest BCUT2D eigenvalue weighted by Gasteiger charge is 2.59. The van der Waals surface area contributed by atoms with Crippen LogP contribution < -0.4 is 9.84 Å². The van der Waals surface area contributed by atoms with Crippen LogP contribution in [0, 0.1) is 0 Å². The van der Waals surface area contributed by atoms with Crippen molar-refractivity contribution in [2.45, 2.75) is 31.8 Å². The van der Waals surface area contributed by atoms with Crippen molar-refractivity contribution in [3.05, 3.63) is 29.5 Å². The van der Waals surface area contributed by atoms with E-state index in [1.807, 2.05) is 18.2 Å². The molecule has 1 N–H and O–H groups in total. The molecule has 8 nitrogen and oxygen atoms in total. The number of methoxy groups -OCH3 is 1. The Hall–Kier alpha value is -3.03. The van der Waals surface area contributed by atoms with E-state index in [1.54, 1.807) is 14.0 Å². The van der Waals surface area contributed by atoms with Crippen LogP contribution in [0.1, 0.15) is 25.1 Å². The Morgan fingerprint density at radius 1 is 1.38 bits per heavy atom. The topological polar surface area (TPSA) is 106 Å². The molecular formula is C18H18N3O5-. The number of ether oxygens (including phenoxy) is 1. The molecule has 3 amide bonds. The van der Waals surface area contributed by atoms with E-state index in [1.165, 1.54) is 11.8 Å². The number of hydrogen-bond donors (Lipinski definition) is 1. The molecule has 136 valence electrons. The first kappa shape index (κ1) is 16.4. The molecule has 4 rings (SSSR count). The maximum absolute atomic E-state index is 13.1. The summed E-state index contributed by atoms with van der Waals surface area (Å²) in [5, 5.41) is 12.2. The summed E-state index contributed by atoms with van der Waals surface area (Å²) in [6.45, 7) is 3.26. The Morgan fingerprint density at radius 3 is 2.77 bits per heavy atom. The van der Waals surface area contributed by atoms with Crippen molar-refractivity contribution in [1.29, 1.82) is 0 Å². The van der Waals surface area contributed by atoms with Crippen LogP contribution in [-0.2, 0) is 21.5 Å². The lowest BCUT2D eigenvalue weighted by Gasteiger charge is -2.36. The third-order valence-corrected chi connectivity index (χ3v) is 5.53. The average molecular weight is 356 g/mol. The lowest BCUT2D eigenvalue weighted by Crippen LogP contribution is -2.50. The van der Waals surface area contributed by atoms with E-state index >= 15 is 0 Å². The third-order valence-electron chi connectivity index (χ3n) is 5.53. The van der Waals surface area contributed by atoms with Crippen molar-refractivity contribution in [2.75, 3.05) is 13.7 Å². The second-order valence-electron chi connectivity index (χ2n) is 6.82. The van der Waals surface area contributed by atoms with Gasteiger partial charge in [-0.3, -0.25) is 9.69 Å². The van der Waals surface area contributed by atoms with Crippen LogP contribution >= 0.6 is 0 Å². The Bertz CT molecular complexity index is 965. The molecule has 1 saturated heterocycles. The fourth-order valence-corrected chi connectivity index (χ4v) is 4.02. The van der Waals surface area contributed by atoms with Gasteiger partial charge in [0.15, 0.2) is 5.54 Å². The fraction of sp³-hybridized carbons (Fsp3) is 0.389. The van der Waals surface area contributed by atoms with Gasteiger partial charge in [-0.25, -0.2) is 4.79 Å². The third kappa shape index (κ3) is 1.86. The Morgan fingerprint density at radius 2 is 2.12 bits per heavy atom. The molecule has 0 aliphatic carbocycles. The van der Waals surface area contributed by atoms with Crippen LogP contribution in [0.15, 0.2) is 18.2 Å². The molecule has 26 heavy (non-hydrogen) atoms. The first-order valence-electron chi connectivity index (χ1n) is 8.36. The smallest absolute Gasteiger partial charge is 0.328 e. The van der Waals surface area contributed by atoms with E-state index in [0.29, 0.717) is 24.4 Å². The van der Waals surface area contributed by atoms with Crippen LogP contribution in [-0.4, -0.2) is 52.4 Å². The van der Waals surface area contributed by atoms with Crippen molar-refractivity contribution >= 4 is 28.8 Å². The summed E-state index contributed by atoms with van der Waals surface area (Å²) in [5.41, 5.74) is 1.14. The Labute approximate surface area is 149 Å². The number of aromatic amines is 1. The van der Waals surface area contributed by atoms with Gasteiger partial charge in [-0.1, -0.05) is 0 Å². The summed E-state index contributed by atoms with van der Waals surface area (Å²) in [6, 6.07) is 3.65. The molecule has 0 unspecified atom stereocenters. The molecule has 8 heteroatoms. The summed E-state index contributed by atoms with van der Waals surface area (Å²) in [4.78, 5) is 42.6. The molecule has 0 bridgehead atoms. The zero-order valence-electron chi connectivity index (χ0n) is 14.7. The molecule has 1 fully saturated rings. The summed E-state index contributed by atoms with van der Waals surface area (Å²) in [7, 11) is 1.59. The number of carboxylic acids is 1. The van der Waals surface area contributed by atoms with E-state index in [0.717, 1.165) is 21.4 Å². The number of nitrogens with one attached hydrogen (secondary N) is 1. The lowest BCUT2D eigenvalue weighted by molar-refractivity contribution is -0.309. The number of rotatable bonds is 3. The summed E-state index contributed by atoms with van der Waals surface area (Å²) in [5.74, 6) is -1.32. The normalized spacial score (nSPS) is 23.2. The molecule has 0 spiro atoms. The molecule has 3 heterocycles. The SMILES string of the molecule is COc1ccc2[nH]c3c(c2c1)CCN1C(=O)N([C@@H](C)C(=O)[O-])C(=O)[C@@]31C. The fourth-order valence-electron chi connectivity index (χ4n) is 4.02. The van der Waals surface area contributed by atoms with Gasteiger partial charge in [0.05, 0.1) is 24.8 Å². The summed E-state index contributed by atoms with van der Waals surface area (Å²) < 4.78 is 5.28. The van der Waals surface area contributed by atoms with Crippen LogP contribution in [0.3, 0.4) is 0 Å². The number of benzene rings is 1. The van der Waals surface area contributed by atoms with Crippen molar-refractivity contribution in [2.24, 2.45) is 0 Å². The molecular weight excluding hydrogens is 338 g/mol. The molecule has 0 radical (unpaired) electrons. The predicted octanol–water partition coefficient (Wildman–Crippen LogP) is 0.350. The molecule has 2 aliphatic rings. The molecule has 2 aliphatic heterocycles. The van der Waals surface area contributed by atoms with Crippen LogP contribution in [0.4, 0.5) is 4.79 Å². The van der Waals surface area contributed by atoms with Gasteiger partial charge in [-0.15, -0.1) is 0 Å². The maximum atomic E-state index is 13.1. The van der Waals surface area contributed by atoms with Crippen LogP contribution in [0.2, 0.25) is 0 Å². The highest BCUT2D eigenvalue weighted by atomic mass is 16.5. The van der Waals surface area contributed by atoms with Crippen molar-refractivity contribution < 1.29 is 24.2 Å². The number of H-pyrrole nitrogens is 1. The second kappa shape index (κ2) is 5.23. The van der Waals surface area contributed by atoms with Crippen molar-refractivity contribution in [3.8, 4) is 5.75 Å². The Balaban J connectivity index is 1.89. The van der Waals surface area contributed by atoms with E-state index in [2.05, 4.69) is 4.98 Å². The number of amides is 3. The summed E-state index contributed by atoms with van der Waals surface area (Å²) >= 11 is 0. The Kier molecular flexibility index (Phi) is 3.31. The maximum Gasteiger partial charge on any atom is 0.328 e. The van der Waals surface area contributed by atoms with E-state index < -0.39 is 29.5 Å². The number of aromatic nitrogens is 1. The van der Waals surface area contributed by atoms with Crippen LogP contribution in [0.5, 0.6) is 5.75 Å². The zero-order chi connectivity index (χ0) is 18.8. The molecule has 0 saturated carbocycles.